The van der Waals surface area contributed by atoms with Crippen molar-refractivity contribution in [1.82, 2.24) is 0 Å². The number of hydrogen-bond acceptors (Lipinski definition) is 2. The summed E-state index contributed by atoms with van der Waals surface area (Å²) in [5.74, 6) is 0. The quantitative estimate of drug-likeness (QED) is 0.646. The van der Waals surface area contributed by atoms with Crippen LogP contribution in [0.25, 0.3) is 10.1 Å². The lowest BCUT2D eigenvalue weighted by Crippen LogP contribution is -1.80. The van der Waals surface area contributed by atoms with E-state index in [0.717, 1.165) is 25.5 Å². The zero-order valence-electron chi connectivity index (χ0n) is 6.97. The van der Waals surface area contributed by atoms with E-state index in [-0.39, 0.29) is 0 Å². The molecule has 0 bridgehead atoms. The largest absolute Gasteiger partial charge is 0.192 e. The Morgan fingerprint density at radius 2 is 2.23 bits per heavy atom. The molecule has 1 aromatic heterocycles. The molecule has 1 aromatic carbocycles. The molecule has 0 aliphatic heterocycles. The van der Waals surface area contributed by atoms with E-state index in [4.69, 9.17) is 16.9 Å². The van der Waals surface area contributed by atoms with Gasteiger partial charge in [-0.1, -0.05) is 17.7 Å². The molecule has 1 nitrogen and oxygen atoms in total. The van der Waals surface area contributed by atoms with E-state index in [1.54, 1.807) is 0 Å². The second kappa shape index (κ2) is 3.02. The van der Waals surface area contributed by atoms with Crippen molar-refractivity contribution >= 4 is 33.0 Å². The average Bonchev–Trinajstić information content (AvgIpc) is 2.47. The third-order valence-electron chi connectivity index (χ3n) is 2.03. The van der Waals surface area contributed by atoms with Crippen LogP contribution in [0.5, 0.6) is 0 Å². The predicted octanol–water partition coefficient (Wildman–Crippen LogP) is 3.73. The molecule has 13 heavy (non-hydrogen) atoms. The highest BCUT2D eigenvalue weighted by Gasteiger charge is 2.05. The highest BCUT2D eigenvalue weighted by Crippen LogP contribution is 2.32. The lowest BCUT2D eigenvalue weighted by atomic mass is 10.1. The van der Waals surface area contributed by atoms with Crippen LogP contribution in [-0.4, -0.2) is 0 Å². The molecule has 0 aliphatic rings. The van der Waals surface area contributed by atoms with E-state index < -0.39 is 0 Å². The molecule has 0 amide bonds. The van der Waals surface area contributed by atoms with Gasteiger partial charge in [-0.15, -0.1) is 11.3 Å². The van der Waals surface area contributed by atoms with Crippen LogP contribution in [0.3, 0.4) is 0 Å². The van der Waals surface area contributed by atoms with Gasteiger partial charge >= 0.3 is 0 Å². The maximum absolute atomic E-state index is 8.81. The lowest BCUT2D eigenvalue weighted by Gasteiger charge is -1.96. The summed E-state index contributed by atoms with van der Waals surface area (Å²) in [6, 6.07) is 7.85. The van der Waals surface area contributed by atoms with Crippen molar-refractivity contribution in [2.45, 2.75) is 6.92 Å². The van der Waals surface area contributed by atoms with E-state index in [1.807, 2.05) is 25.1 Å². The van der Waals surface area contributed by atoms with Gasteiger partial charge in [0.25, 0.3) is 0 Å². The van der Waals surface area contributed by atoms with Crippen LogP contribution in [0.2, 0.25) is 4.34 Å². The molecule has 0 radical (unpaired) electrons. The third-order valence-corrected chi connectivity index (χ3v) is 3.42. The summed E-state index contributed by atoms with van der Waals surface area (Å²) in [5.41, 5.74) is 1.75. The monoisotopic (exact) mass is 207 g/mol. The van der Waals surface area contributed by atoms with Crippen molar-refractivity contribution in [3.8, 4) is 6.07 Å². The fourth-order valence-electron chi connectivity index (χ4n) is 1.33. The van der Waals surface area contributed by atoms with Gasteiger partial charge in [0.1, 0.15) is 0 Å². The second-order valence-electron chi connectivity index (χ2n) is 2.82. The molecule has 0 unspecified atom stereocenters. The minimum atomic E-state index is 0.728. The van der Waals surface area contributed by atoms with Gasteiger partial charge in [-0.05, 0) is 30.0 Å². The van der Waals surface area contributed by atoms with Gasteiger partial charge in [-0.25, -0.2) is 0 Å². The van der Waals surface area contributed by atoms with Crippen LogP contribution in [0.4, 0.5) is 0 Å². The summed E-state index contributed by atoms with van der Waals surface area (Å²) in [4.78, 5) is 0. The van der Waals surface area contributed by atoms with Gasteiger partial charge in [-0.3, -0.25) is 0 Å². The van der Waals surface area contributed by atoms with E-state index in [1.165, 1.54) is 11.3 Å². The zero-order chi connectivity index (χ0) is 9.42. The first-order valence-corrected chi connectivity index (χ1v) is 5.00. The second-order valence-corrected chi connectivity index (χ2v) is 4.50. The fraction of sp³-hybridized carbons (Fsp3) is 0.100. The SMILES string of the molecule is Cc1c(C#N)ccc2cc(Cl)sc12. The van der Waals surface area contributed by atoms with E-state index in [2.05, 4.69) is 6.07 Å². The van der Waals surface area contributed by atoms with Crippen molar-refractivity contribution in [2.75, 3.05) is 0 Å². The number of aryl methyl sites for hydroxylation is 1. The van der Waals surface area contributed by atoms with Crippen LogP contribution in [0.1, 0.15) is 11.1 Å². The lowest BCUT2D eigenvalue weighted by molar-refractivity contribution is 1.44. The highest BCUT2D eigenvalue weighted by atomic mass is 35.5. The third kappa shape index (κ3) is 1.31. The summed E-state index contributed by atoms with van der Waals surface area (Å²) in [6.07, 6.45) is 0. The minimum absolute atomic E-state index is 0.728. The van der Waals surface area contributed by atoms with Crippen molar-refractivity contribution in [1.29, 1.82) is 5.26 Å². The first kappa shape index (κ1) is 8.55. The molecular weight excluding hydrogens is 202 g/mol. The molecular formula is C10H6ClNS. The first-order valence-electron chi connectivity index (χ1n) is 3.81. The van der Waals surface area contributed by atoms with Crippen LogP contribution < -0.4 is 0 Å². The molecule has 0 saturated heterocycles. The fourth-order valence-corrected chi connectivity index (χ4v) is 2.57. The maximum atomic E-state index is 8.81. The Bertz CT molecular complexity index is 507. The Balaban J connectivity index is 2.87. The number of fused-ring (bicyclic) bond motifs is 1. The number of benzene rings is 1. The van der Waals surface area contributed by atoms with E-state index in [0.29, 0.717) is 0 Å². The molecule has 0 atom stereocenters. The summed E-state index contributed by atoms with van der Waals surface area (Å²) >= 11 is 7.41. The number of thiophene rings is 1. The molecule has 64 valence electrons. The summed E-state index contributed by atoms with van der Waals surface area (Å²) in [7, 11) is 0. The first-order chi connectivity index (χ1) is 6.22. The molecule has 2 aromatic rings. The molecule has 3 heteroatoms. The maximum Gasteiger partial charge on any atom is 0.0994 e. The number of nitriles is 1. The molecule has 0 fully saturated rings. The zero-order valence-corrected chi connectivity index (χ0v) is 8.54. The normalized spacial score (nSPS) is 10.2. The van der Waals surface area contributed by atoms with Crippen molar-refractivity contribution in [2.24, 2.45) is 0 Å². The van der Waals surface area contributed by atoms with Gasteiger partial charge in [0, 0.05) is 4.70 Å². The van der Waals surface area contributed by atoms with E-state index >= 15 is 0 Å². The smallest absolute Gasteiger partial charge is 0.0994 e. The molecule has 0 saturated carbocycles. The number of nitrogens with zero attached hydrogens (tertiary/aromatic N) is 1. The summed E-state index contributed by atoms with van der Waals surface area (Å²) in [5, 5.41) is 9.92. The number of hydrogen-bond donors (Lipinski definition) is 0. The van der Waals surface area contributed by atoms with Gasteiger partial charge < -0.3 is 0 Å². The molecule has 2 rings (SSSR count). The van der Waals surface area contributed by atoms with E-state index in [9.17, 15) is 0 Å². The Labute approximate surface area is 85.2 Å². The predicted molar refractivity (Wildman–Crippen MR) is 56.3 cm³/mol. The van der Waals surface area contributed by atoms with Gasteiger partial charge in [0.2, 0.25) is 0 Å². The van der Waals surface area contributed by atoms with Crippen LogP contribution in [0, 0.1) is 18.3 Å². The number of rotatable bonds is 0. The molecule has 0 spiro atoms. The summed E-state index contributed by atoms with van der Waals surface area (Å²) < 4.78 is 1.89. The van der Waals surface area contributed by atoms with Crippen LogP contribution in [0.15, 0.2) is 18.2 Å². The Hall–Kier alpha value is -1.04. The van der Waals surface area contributed by atoms with Gasteiger partial charge in [0.15, 0.2) is 0 Å². The summed E-state index contributed by atoms with van der Waals surface area (Å²) in [6.45, 7) is 1.95. The Kier molecular flexibility index (Phi) is 1.99. The molecule has 1 heterocycles. The van der Waals surface area contributed by atoms with Crippen molar-refractivity contribution in [3.63, 3.8) is 0 Å². The van der Waals surface area contributed by atoms with Gasteiger partial charge in [0.05, 0.1) is 16.0 Å². The minimum Gasteiger partial charge on any atom is -0.192 e. The number of halogens is 1. The standard InChI is InChI=1S/C10H6ClNS/c1-6-8(5-12)3-2-7-4-9(11)13-10(6)7/h2-4H,1H3. The topological polar surface area (TPSA) is 23.8 Å². The van der Waals surface area contributed by atoms with Crippen molar-refractivity contribution < 1.29 is 0 Å². The molecule has 0 aliphatic carbocycles. The highest BCUT2D eigenvalue weighted by molar-refractivity contribution is 7.22. The van der Waals surface area contributed by atoms with Crippen LogP contribution in [-0.2, 0) is 0 Å². The molecule has 0 N–H and O–H groups in total. The van der Waals surface area contributed by atoms with Gasteiger partial charge in [-0.2, -0.15) is 5.26 Å². The Morgan fingerprint density at radius 1 is 1.46 bits per heavy atom. The van der Waals surface area contributed by atoms with Crippen LogP contribution >= 0.6 is 22.9 Å². The average molecular weight is 208 g/mol. The van der Waals surface area contributed by atoms with Crippen molar-refractivity contribution in [3.05, 3.63) is 33.7 Å². The Morgan fingerprint density at radius 3 is 2.92 bits per heavy atom.